The minimum Gasteiger partial charge on any atom is -0.332 e. The summed E-state index contributed by atoms with van der Waals surface area (Å²) < 4.78 is 38.3. The zero-order chi connectivity index (χ0) is 20.9. The number of anilines is 2. The van der Waals surface area contributed by atoms with Gasteiger partial charge in [0.2, 0.25) is 5.91 Å². The van der Waals surface area contributed by atoms with Crippen LogP contribution in [-0.4, -0.2) is 16.9 Å². The number of nitrogens with one attached hydrogen (secondary N) is 3. The third-order valence-corrected chi connectivity index (χ3v) is 3.80. The topological polar surface area (TPSA) is 70.2 Å². The van der Waals surface area contributed by atoms with Crippen molar-refractivity contribution in [2.45, 2.75) is 20.0 Å². The maximum Gasteiger partial charge on any atom is 0.416 e. The highest BCUT2D eigenvalue weighted by Crippen LogP contribution is 2.30. The van der Waals surface area contributed by atoms with Crippen LogP contribution in [0, 0.1) is 5.92 Å². The van der Waals surface area contributed by atoms with E-state index in [0.717, 1.165) is 12.1 Å². The fourth-order valence-corrected chi connectivity index (χ4v) is 2.35. The smallest absolute Gasteiger partial charge is 0.332 e. The Morgan fingerprint density at radius 1 is 0.964 bits per heavy atom. The summed E-state index contributed by atoms with van der Waals surface area (Å²) in [4.78, 5) is 24.0. The van der Waals surface area contributed by atoms with Crippen molar-refractivity contribution in [3.63, 3.8) is 0 Å². The van der Waals surface area contributed by atoms with E-state index in [1.807, 2.05) is 0 Å². The van der Waals surface area contributed by atoms with Gasteiger partial charge in [0, 0.05) is 22.9 Å². The van der Waals surface area contributed by atoms with Gasteiger partial charge in [-0.05, 0) is 48.6 Å². The molecule has 0 aliphatic rings. The summed E-state index contributed by atoms with van der Waals surface area (Å²) in [5, 5.41) is 7.80. The van der Waals surface area contributed by atoms with E-state index in [1.165, 1.54) is 24.3 Å². The Morgan fingerprint density at radius 3 is 2.18 bits per heavy atom. The van der Waals surface area contributed by atoms with Crippen molar-refractivity contribution in [1.29, 1.82) is 0 Å². The minimum atomic E-state index is -4.50. The Labute approximate surface area is 165 Å². The van der Waals surface area contributed by atoms with Gasteiger partial charge in [-0.25, -0.2) is 0 Å². The summed E-state index contributed by atoms with van der Waals surface area (Å²) in [5.74, 6) is -1.08. The van der Waals surface area contributed by atoms with Crippen LogP contribution in [0.15, 0.2) is 48.5 Å². The fourth-order valence-electron chi connectivity index (χ4n) is 2.13. The normalized spacial score (nSPS) is 11.1. The lowest BCUT2D eigenvalue weighted by Crippen LogP contribution is -2.36. The zero-order valence-corrected chi connectivity index (χ0v) is 15.9. The molecule has 0 aliphatic heterocycles. The van der Waals surface area contributed by atoms with Crippen LogP contribution in [0.2, 0.25) is 0 Å². The van der Waals surface area contributed by atoms with Gasteiger partial charge < -0.3 is 16.0 Å². The number of carbonyl (C=O) groups excluding carboxylic acids is 2. The number of thiocarbonyl (C=S) groups is 1. The van der Waals surface area contributed by atoms with E-state index in [1.54, 1.807) is 26.0 Å². The maximum atomic E-state index is 12.8. The van der Waals surface area contributed by atoms with Crippen LogP contribution in [0.25, 0.3) is 0 Å². The number of rotatable bonds is 4. The summed E-state index contributed by atoms with van der Waals surface area (Å²) >= 11 is 5.04. The molecule has 148 valence electrons. The van der Waals surface area contributed by atoms with Gasteiger partial charge in [0.15, 0.2) is 5.11 Å². The molecule has 0 aromatic heterocycles. The van der Waals surface area contributed by atoms with E-state index in [2.05, 4.69) is 16.0 Å². The number of alkyl halides is 3. The molecule has 2 aromatic carbocycles. The van der Waals surface area contributed by atoms with Gasteiger partial charge in [0.1, 0.15) is 0 Å². The summed E-state index contributed by atoms with van der Waals surface area (Å²) in [6.45, 7) is 3.44. The van der Waals surface area contributed by atoms with Gasteiger partial charge >= 0.3 is 6.18 Å². The Balaban J connectivity index is 2.08. The van der Waals surface area contributed by atoms with Crippen LogP contribution in [0.3, 0.4) is 0 Å². The van der Waals surface area contributed by atoms with E-state index in [9.17, 15) is 22.8 Å². The molecule has 0 saturated heterocycles. The third-order valence-electron chi connectivity index (χ3n) is 3.59. The lowest BCUT2D eigenvalue weighted by Gasteiger charge is -2.12. The summed E-state index contributed by atoms with van der Waals surface area (Å²) in [6.07, 6.45) is -4.50. The van der Waals surface area contributed by atoms with Crippen LogP contribution < -0.4 is 16.0 Å². The second-order valence-electron chi connectivity index (χ2n) is 6.21. The number of halogens is 3. The van der Waals surface area contributed by atoms with Crippen LogP contribution in [0.1, 0.15) is 29.8 Å². The maximum absolute atomic E-state index is 12.8. The monoisotopic (exact) mass is 409 g/mol. The summed E-state index contributed by atoms with van der Waals surface area (Å²) in [7, 11) is 0. The first-order valence-electron chi connectivity index (χ1n) is 8.27. The largest absolute Gasteiger partial charge is 0.416 e. The molecule has 0 saturated carbocycles. The first-order chi connectivity index (χ1) is 13.1. The average Bonchev–Trinajstić information content (AvgIpc) is 2.61. The van der Waals surface area contributed by atoms with Gasteiger partial charge in [-0.15, -0.1) is 0 Å². The summed E-state index contributed by atoms with van der Waals surface area (Å²) in [5.41, 5.74) is -0.170. The van der Waals surface area contributed by atoms with Gasteiger partial charge in [-0.2, -0.15) is 13.2 Å². The first kappa shape index (κ1) is 21.4. The average molecular weight is 409 g/mol. The van der Waals surface area contributed by atoms with Crippen molar-refractivity contribution in [3.8, 4) is 0 Å². The van der Waals surface area contributed by atoms with E-state index < -0.39 is 17.6 Å². The molecule has 0 spiro atoms. The van der Waals surface area contributed by atoms with Crippen molar-refractivity contribution in [2.75, 3.05) is 10.6 Å². The molecular weight excluding hydrogens is 391 g/mol. The molecule has 5 nitrogen and oxygen atoms in total. The second-order valence-corrected chi connectivity index (χ2v) is 6.62. The van der Waals surface area contributed by atoms with Crippen molar-refractivity contribution in [1.82, 2.24) is 5.32 Å². The lowest BCUT2D eigenvalue weighted by molar-refractivity contribution is -0.137. The third kappa shape index (κ3) is 6.05. The molecule has 0 aliphatic carbocycles. The highest BCUT2D eigenvalue weighted by atomic mass is 32.1. The van der Waals surface area contributed by atoms with Crippen molar-refractivity contribution in [2.24, 2.45) is 5.92 Å². The summed E-state index contributed by atoms with van der Waals surface area (Å²) in [6, 6.07) is 10.5. The Bertz CT molecular complexity index is 898. The Hall–Kier alpha value is -2.94. The molecule has 0 bridgehead atoms. The van der Waals surface area contributed by atoms with Gasteiger partial charge in [-0.1, -0.05) is 26.0 Å². The molecule has 0 unspecified atom stereocenters. The number of hydrogen-bond donors (Lipinski definition) is 3. The molecule has 28 heavy (non-hydrogen) atoms. The molecule has 0 radical (unpaired) electrons. The molecule has 2 rings (SSSR count). The van der Waals surface area contributed by atoms with E-state index in [0.29, 0.717) is 5.69 Å². The lowest BCUT2D eigenvalue weighted by atomic mass is 10.1. The number of carbonyl (C=O) groups is 2. The van der Waals surface area contributed by atoms with Gasteiger partial charge in [0.05, 0.1) is 5.56 Å². The van der Waals surface area contributed by atoms with Crippen LogP contribution in [-0.2, 0) is 11.0 Å². The van der Waals surface area contributed by atoms with E-state index >= 15 is 0 Å². The van der Waals surface area contributed by atoms with E-state index in [4.69, 9.17) is 12.2 Å². The fraction of sp³-hybridized carbons (Fsp3) is 0.211. The molecule has 3 N–H and O–H groups in total. The van der Waals surface area contributed by atoms with Crippen molar-refractivity contribution < 1.29 is 22.8 Å². The SMILES string of the molecule is CC(C)C(=O)NC(=S)Nc1cccc(C(=O)Nc2cccc(C(F)(F)F)c2)c1. The molecule has 2 aromatic rings. The molecular formula is C19H18F3N3O2S. The molecule has 9 heteroatoms. The second kappa shape index (κ2) is 8.83. The predicted molar refractivity (Wildman–Crippen MR) is 105 cm³/mol. The van der Waals surface area contributed by atoms with Gasteiger partial charge in [-0.3, -0.25) is 9.59 Å². The molecule has 0 heterocycles. The highest BCUT2D eigenvalue weighted by molar-refractivity contribution is 7.80. The van der Waals surface area contributed by atoms with Crippen molar-refractivity contribution >= 4 is 40.5 Å². The molecule has 0 atom stereocenters. The Kier molecular flexibility index (Phi) is 6.74. The highest BCUT2D eigenvalue weighted by Gasteiger charge is 2.30. The van der Waals surface area contributed by atoms with Gasteiger partial charge in [0.25, 0.3) is 5.91 Å². The minimum absolute atomic E-state index is 0.0258. The number of hydrogen-bond acceptors (Lipinski definition) is 3. The quantitative estimate of drug-likeness (QED) is 0.654. The predicted octanol–water partition coefficient (Wildman–Crippen LogP) is 4.43. The van der Waals surface area contributed by atoms with Crippen LogP contribution in [0.4, 0.5) is 24.5 Å². The molecule has 0 fully saturated rings. The Morgan fingerprint density at radius 2 is 1.57 bits per heavy atom. The standard InChI is InChI=1S/C19H18F3N3O2S/c1-11(2)16(26)25-18(28)24-14-7-3-5-12(9-14)17(27)23-15-8-4-6-13(10-15)19(20,21)22/h3-11H,1-2H3,(H,23,27)(H2,24,25,26,28). The number of benzene rings is 2. The number of amides is 2. The van der Waals surface area contributed by atoms with Crippen molar-refractivity contribution in [3.05, 3.63) is 59.7 Å². The molecule has 2 amide bonds. The van der Waals surface area contributed by atoms with E-state index in [-0.39, 0.29) is 28.2 Å². The first-order valence-corrected chi connectivity index (χ1v) is 8.67. The van der Waals surface area contributed by atoms with Crippen LogP contribution >= 0.6 is 12.2 Å². The zero-order valence-electron chi connectivity index (χ0n) is 15.1. The van der Waals surface area contributed by atoms with Crippen LogP contribution in [0.5, 0.6) is 0 Å².